The number of ether oxygens (including phenoxy) is 1. The van der Waals surface area contributed by atoms with Gasteiger partial charge < -0.3 is 9.64 Å². The van der Waals surface area contributed by atoms with Crippen molar-refractivity contribution in [3.05, 3.63) is 58.7 Å². The summed E-state index contributed by atoms with van der Waals surface area (Å²) in [6, 6.07) is 8.99. The number of carbonyl (C=O) groups is 1. The fraction of sp³-hybridized carbons (Fsp3) is 0.318. The molecule has 1 N–H and O–H groups in total. The summed E-state index contributed by atoms with van der Waals surface area (Å²) in [6.45, 7) is 4.78. The fourth-order valence-corrected chi connectivity index (χ4v) is 4.61. The molecule has 0 radical (unpaired) electrons. The van der Waals surface area contributed by atoms with E-state index in [1.807, 2.05) is 6.92 Å². The third-order valence-corrected chi connectivity index (χ3v) is 6.56. The number of hydrogen-bond donors (Lipinski definition) is 1. The van der Waals surface area contributed by atoms with Crippen LogP contribution in [0.2, 0.25) is 0 Å². The van der Waals surface area contributed by atoms with Gasteiger partial charge in [-0.2, -0.15) is 0 Å². The molecule has 0 saturated carbocycles. The van der Waals surface area contributed by atoms with E-state index in [0.717, 1.165) is 24.1 Å². The highest BCUT2D eigenvalue weighted by Crippen LogP contribution is 2.31. The molecule has 0 bridgehead atoms. The zero-order valence-electron chi connectivity index (χ0n) is 17.2. The molecule has 0 unspecified atom stereocenters. The summed E-state index contributed by atoms with van der Waals surface area (Å²) in [5.41, 5.74) is 5.12. The lowest BCUT2D eigenvalue weighted by atomic mass is 9.95. The fourth-order valence-electron chi connectivity index (χ4n) is 3.68. The van der Waals surface area contributed by atoms with Gasteiger partial charge in [-0.15, -0.1) is 0 Å². The maximum atomic E-state index is 12.9. The van der Waals surface area contributed by atoms with Crippen LogP contribution in [0.5, 0.6) is 5.75 Å². The number of nitrogens with zero attached hydrogens (tertiary/aromatic N) is 1. The van der Waals surface area contributed by atoms with Crippen molar-refractivity contribution < 1.29 is 17.9 Å². The lowest BCUT2D eigenvalue weighted by Gasteiger charge is -2.30. The highest BCUT2D eigenvalue weighted by Gasteiger charge is 2.23. The van der Waals surface area contributed by atoms with Crippen molar-refractivity contribution in [2.45, 2.75) is 31.6 Å². The number of fused-ring (bicyclic) bond motifs is 1. The van der Waals surface area contributed by atoms with Gasteiger partial charge in [-0.3, -0.25) is 4.79 Å². The Bertz CT molecular complexity index is 1070. The minimum atomic E-state index is -3.68. The Balaban J connectivity index is 1.91. The summed E-state index contributed by atoms with van der Waals surface area (Å²) >= 11 is 0. The van der Waals surface area contributed by atoms with Crippen molar-refractivity contribution in [3.63, 3.8) is 0 Å². The number of amides is 1. The Hall–Kier alpha value is -2.64. The highest BCUT2D eigenvalue weighted by molar-refractivity contribution is 7.89. The van der Waals surface area contributed by atoms with Crippen LogP contribution in [0.15, 0.2) is 41.3 Å². The average molecular weight is 415 g/mol. The minimum Gasteiger partial charge on any atom is -0.495 e. The number of rotatable bonds is 5. The van der Waals surface area contributed by atoms with Gasteiger partial charge in [0.25, 0.3) is 5.91 Å². The van der Waals surface area contributed by atoms with Crippen LogP contribution in [-0.4, -0.2) is 35.0 Å². The summed E-state index contributed by atoms with van der Waals surface area (Å²) in [7, 11) is -0.913. The lowest BCUT2D eigenvalue weighted by molar-refractivity contribution is -0.114. The van der Waals surface area contributed by atoms with Gasteiger partial charge in [-0.05, 0) is 80.3 Å². The van der Waals surface area contributed by atoms with E-state index in [-0.39, 0.29) is 16.6 Å². The summed E-state index contributed by atoms with van der Waals surface area (Å²) < 4.78 is 31.9. The van der Waals surface area contributed by atoms with Crippen molar-refractivity contribution in [1.82, 2.24) is 4.72 Å². The predicted molar refractivity (Wildman–Crippen MR) is 115 cm³/mol. The smallest absolute Gasteiger partial charge is 0.250 e. The van der Waals surface area contributed by atoms with E-state index in [9.17, 15) is 13.2 Å². The number of aryl methyl sites for hydroxylation is 2. The van der Waals surface area contributed by atoms with Crippen LogP contribution in [0, 0.1) is 13.8 Å². The summed E-state index contributed by atoms with van der Waals surface area (Å²) in [6.07, 6.45) is 5.01. The molecule has 6 nitrogen and oxygen atoms in total. The first-order valence-electron chi connectivity index (χ1n) is 9.48. The lowest BCUT2D eigenvalue weighted by Crippen LogP contribution is -2.34. The van der Waals surface area contributed by atoms with Gasteiger partial charge in [0.05, 0.1) is 7.11 Å². The number of benzene rings is 2. The first kappa shape index (κ1) is 21.1. The van der Waals surface area contributed by atoms with E-state index >= 15 is 0 Å². The Morgan fingerprint density at radius 3 is 2.66 bits per heavy atom. The Kier molecular flexibility index (Phi) is 6.10. The first-order valence-corrected chi connectivity index (χ1v) is 11.0. The predicted octanol–water partition coefficient (Wildman–Crippen LogP) is 3.21. The zero-order chi connectivity index (χ0) is 21.2. The summed E-state index contributed by atoms with van der Waals surface area (Å²) in [4.78, 5) is 14.7. The standard InChI is InChI=1S/C22H26N2O4S/c1-15-12-16(2)18-6-5-11-24(19(18)13-15)22(25)10-8-17-7-9-20(28-4)21(14-17)29(26,27)23-3/h7-10,12-14,23H,5-6,11H2,1-4H3. The van der Waals surface area contributed by atoms with Crippen LogP contribution in [0.4, 0.5) is 5.69 Å². The Morgan fingerprint density at radius 1 is 1.21 bits per heavy atom. The van der Waals surface area contributed by atoms with Crippen molar-refractivity contribution in [3.8, 4) is 5.75 Å². The molecular weight excluding hydrogens is 388 g/mol. The van der Waals surface area contributed by atoms with Crippen molar-refractivity contribution in [2.75, 3.05) is 25.6 Å². The number of methoxy groups -OCH3 is 1. The molecular formula is C22H26N2O4S. The largest absolute Gasteiger partial charge is 0.495 e. The molecule has 1 amide bonds. The maximum absolute atomic E-state index is 12.9. The van der Waals surface area contributed by atoms with E-state index in [0.29, 0.717) is 12.1 Å². The number of hydrogen-bond acceptors (Lipinski definition) is 4. The molecule has 0 aliphatic carbocycles. The second-order valence-corrected chi connectivity index (χ2v) is 8.98. The van der Waals surface area contributed by atoms with Crippen molar-refractivity contribution >= 4 is 27.7 Å². The molecule has 29 heavy (non-hydrogen) atoms. The number of nitrogens with one attached hydrogen (secondary N) is 1. The van der Waals surface area contributed by atoms with E-state index < -0.39 is 10.0 Å². The summed E-state index contributed by atoms with van der Waals surface area (Å²) in [5, 5.41) is 0. The van der Waals surface area contributed by atoms with Gasteiger partial charge in [0.15, 0.2) is 0 Å². The van der Waals surface area contributed by atoms with Crippen LogP contribution < -0.4 is 14.4 Å². The van der Waals surface area contributed by atoms with E-state index in [2.05, 4.69) is 23.8 Å². The van der Waals surface area contributed by atoms with Gasteiger partial charge >= 0.3 is 0 Å². The molecule has 0 spiro atoms. The van der Waals surface area contributed by atoms with Crippen molar-refractivity contribution in [2.24, 2.45) is 0 Å². The van der Waals surface area contributed by atoms with Gasteiger partial charge in [-0.25, -0.2) is 13.1 Å². The van der Waals surface area contributed by atoms with Crippen LogP contribution in [0.25, 0.3) is 6.08 Å². The Morgan fingerprint density at radius 2 is 1.97 bits per heavy atom. The molecule has 2 aromatic rings. The van der Waals surface area contributed by atoms with Gasteiger partial charge in [0.1, 0.15) is 10.6 Å². The molecule has 1 aliphatic heterocycles. The minimum absolute atomic E-state index is 0.0340. The zero-order valence-corrected chi connectivity index (χ0v) is 18.0. The van der Waals surface area contributed by atoms with Crippen molar-refractivity contribution in [1.29, 1.82) is 0 Å². The van der Waals surface area contributed by atoms with E-state index in [1.165, 1.54) is 37.4 Å². The third kappa shape index (κ3) is 4.36. The topological polar surface area (TPSA) is 75.7 Å². The molecule has 1 heterocycles. The number of anilines is 1. The SMILES string of the molecule is CNS(=O)(=O)c1cc(C=CC(=O)N2CCCc3c(C)cc(C)cc32)ccc1OC. The molecule has 2 aromatic carbocycles. The van der Waals surface area contributed by atoms with Crippen LogP contribution in [0.1, 0.15) is 28.7 Å². The third-order valence-electron chi connectivity index (χ3n) is 5.12. The number of carbonyl (C=O) groups excluding carboxylic acids is 1. The molecule has 0 saturated heterocycles. The number of sulfonamides is 1. The normalized spacial score (nSPS) is 14.1. The van der Waals surface area contributed by atoms with Gasteiger partial charge in [0, 0.05) is 18.3 Å². The second-order valence-electron chi connectivity index (χ2n) is 7.12. The van der Waals surface area contributed by atoms with Crippen LogP contribution in [-0.2, 0) is 21.2 Å². The molecule has 3 rings (SSSR count). The second kappa shape index (κ2) is 8.39. The quantitative estimate of drug-likeness (QED) is 0.763. The van der Waals surface area contributed by atoms with E-state index in [4.69, 9.17) is 4.74 Å². The molecule has 0 atom stereocenters. The molecule has 0 aromatic heterocycles. The first-order chi connectivity index (χ1) is 13.8. The Labute approximate surface area is 172 Å². The van der Waals surface area contributed by atoms with Crippen LogP contribution in [0.3, 0.4) is 0 Å². The highest BCUT2D eigenvalue weighted by atomic mass is 32.2. The van der Waals surface area contributed by atoms with Gasteiger partial charge in [0.2, 0.25) is 10.0 Å². The molecule has 7 heteroatoms. The van der Waals surface area contributed by atoms with Gasteiger partial charge in [-0.1, -0.05) is 12.1 Å². The van der Waals surface area contributed by atoms with Crippen LogP contribution >= 0.6 is 0 Å². The molecule has 0 fully saturated rings. The van der Waals surface area contributed by atoms with E-state index in [1.54, 1.807) is 23.1 Å². The summed E-state index contributed by atoms with van der Waals surface area (Å²) in [5.74, 6) is 0.128. The maximum Gasteiger partial charge on any atom is 0.250 e. The monoisotopic (exact) mass is 414 g/mol. The molecule has 1 aliphatic rings. The molecule has 154 valence electrons. The average Bonchev–Trinajstić information content (AvgIpc) is 2.71.